The van der Waals surface area contributed by atoms with Crippen molar-refractivity contribution in [2.45, 2.75) is 31.3 Å². The van der Waals surface area contributed by atoms with Crippen LogP contribution in [0.1, 0.15) is 30.4 Å². The third-order valence-electron chi connectivity index (χ3n) is 4.57. The molecule has 0 aromatic heterocycles. The predicted molar refractivity (Wildman–Crippen MR) is 70.8 cm³/mol. The minimum atomic E-state index is -0.633. The summed E-state index contributed by atoms with van der Waals surface area (Å²) < 4.78 is 5.30. The number of aliphatic hydroxyl groups is 1. The van der Waals surface area contributed by atoms with Crippen molar-refractivity contribution in [3.8, 4) is 5.75 Å². The summed E-state index contributed by atoms with van der Waals surface area (Å²) in [6.45, 7) is 2.04. The standard InChI is InChI=1S/C15H21NO2/c1-18-13-3-2-11-4-7-15(17,14(11)10-13)12-5-8-16-9-6-12/h2-3,10,12,16-17H,4-9H2,1H3. The zero-order valence-electron chi connectivity index (χ0n) is 10.9. The van der Waals surface area contributed by atoms with E-state index in [1.165, 1.54) is 5.56 Å². The Kier molecular flexibility index (Phi) is 3.04. The van der Waals surface area contributed by atoms with Crippen molar-refractivity contribution in [1.82, 2.24) is 5.32 Å². The van der Waals surface area contributed by atoms with Gasteiger partial charge in [-0.3, -0.25) is 0 Å². The molecule has 0 amide bonds. The SMILES string of the molecule is COc1ccc2c(c1)C(O)(C1CCNCC1)CC2. The third-order valence-corrected chi connectivity index (χ3v) is 4.57. The van der Waals surface area contributed by atoms with E-state index in [2.05, 4.69) is 11.4 Å². The van der Waals surface area contributed by atoms with Crippen LogP contribution < -0.4 is 10.1 Å². The maximum atomic E-state index is 11.1. The molecule has 0 saturated carbocycles. The summed E-state index contributed by atoms with van der Waals surface area (Å²) in [6, 6.07) is 6.13. The van der Waals surface area contributed by atoms with Crippen LogP contribution >= 0.6 is 0 Å². The Labute approximate surface area is 108 Å². The van der Waals surface area contributed by atoms with Crippen LogP contribution in [0.25, 0.3) is 0 Å². The summed E-state index contributed by atoms with van der Waals surface area (Å²) >= 11 is 0. The number of methoxy groups -OCH3 is 1. The Morgan fingerprint density at radius 2 is 2.11 bits per heavy atom. The minimum Gasteiger partial charge on any atom is -0.497 e. The highest BCUT2D eigenvalue weighted by molar-refractivity contribution is 5.43. The molecule has 1 fully saturated rings. The lowest BCUT2D eigenvalue weighted by molar-refractivity contribution is -0.0343. The van der Waals surface area contributed by atoms with Gasteiger partial charge in [0.05, 0.1) is 12.7 Å². The van der Waals surface area contributed by atoms with Crippen molar-refractivity contribution in [3.05, 3.63) is 29.3 Å². The Bertz CT molecular complexity index is 440. The Morgan fingerprint density at radius 1 is 1.33 bits per heavy atom. The van der Waals surface area contributed by atoms with Gasteiger partial charge >= 0.3 is 0 Å². The highest BCUT2D eigenvalue weighted by atomic mass is 16.5. The number of aryl methyl sites for hydroxylation is 1. The van der Waals surface area contributed by atoms with Gasteiger partial charge in [-0.2, -0.15) is 0 Å². The van der Waals surface area contributed by atoms with Crippen LogP contribution in [0, 0.1) is 5.92 Å². The molecule has 0 bridgehead atoms. The normalized spacial score (nSPS) is 28.1. The Morgan fingerprint density at radius 3 is 2.83 bits per heavy atom. The first-order valence-corrected chi connectivity index (χ1v) is 6.84. The number of hydrogen-bond acceptors (Lipinski definition) is 3. The molecule has 98 valence electrons. The summed E-state index contributed by atoms with van der Waals surface area (Å²) in [5, 5.41) is 14.5. The van der Waals surface area contributed by atoms with E-state index in [-0.39, 0.29) is 0 Å². The van der Waals surface area contributed by atoms with Crippen LogP contribution in [-0.4, -0.2) is 25.3 Å². The van der Waals surface area contributed by atoms with E-state index in [0.717, 1.165) is 50.1 Å². The van der Waals surface area contributed by atoms with E-state index < -0.39 is 5.60 Å². The molecule has 2 N–H and O–H groups in total. The molecule has 3 nitrogen and oxygen atoms in total. The fourth-order valence-corrected chi connectivity index (χ4v) is 3.49. The molecule has 1 aromatic rings. The topological polar surface area (TPSA) is 41.5 Å². The van der Waals surface area contributed by atoms with Crippen LogP contribution in [0.2, 0.25) is 0 Å². The monoisotopic (exact) mass is 247 g/mol. The number of hydrogen-bond donors (Lipinski definition) is 2. The molecule has 1 atom stereocenters. The number of nitrogens with one attached hydrogen (secondary N) is 1. The second-order valence-electron chi connectivity index (χ2n) is 5.47. The summed E-state index contributed by atoms with van der Waals surface area (Å²) in [6.07, 6.45) is 3.97. The molecular weight excluding hydrogens is 226 g/mol. The Hall–Kier alpha value is -1.06. The second kappa shape index (κ2) is 4.56. The highest BCUT2D eigenvalue weighted by Crippen LogP contribution is 2.46. The fraction of sp³-hybridized carbons (Fsp3) is 0.600. The molecular formula is C15H21NO2. The van der Waals surface area contributed by atoms with Crippen LogP contribution in [0.15, 0.2) is 18.2 Å². The van der Waals surface area contributed by atoms with E-state index in [1.807, 2.05) is 12.1 Å². The first-order chi connectivity index (χ1) is 8.74. The average molecular weight is 247 g/mol. The van der Waals surface area contributed by atoms with Crippen molar-refractivity contribution < 1.29 is 9.84 Å². The van der Waals surface area contributed by atoms with E-state index in [0.29, 0.717) is 5.92 Å². The third kappa shape index (κ3) is 1.82. The molecule has 3 rings (SSSR count). The van der Waals surface area contributed by atoms with Gasteiger partial charge in [-0.1, -0.05) is 6.07 Å². The molecule has 0 spiro atoms. The van der Waals surface area contributed by atoms with Gasteiger partial charge in [0.1, 0.15) is 5.75 Å². The maximum Gasteiger partial charge on any atom is 0.119 e. The number of ether oxygens (including phenoxy) is 1. The molecule has 1 aliphatic heterocycles. The number of benzene rings is 1. The van der Waals surface area contributed by atoms with Gasteiger partial charge in [-0.15, -0.1) is 0 Å². The van der Waals surface area contributed by atoms with Crippen molar-refractivity contribution >= 4 is 0 Å². The smallest absolute Gasteiger partial charge is 0.119 e. The van der Waals surface area contributed by atoms with Crippen LogP contribution in [-0.2, 0) is 12.0 Å². The van der Waals surface area contributed by atoms with Crippen LogP contribution in [0.3, 0.4) is 0 Å². The van der Waals surface area contributed by atoms with Gasteiger partial charge in [0.15, 0.2) is 0 Å². The number of fused-ring (bicyclic) bond motifs is 1. The predicted octanol–water partition coefficient (Wildman–Crippen LogP) is 1.83. The zero-order valence-corrected chi connectivity index (χ0v) is 10.9. The molecule has 1 heterocycles. The summed E-state index contributed by atoms with van der Waals surface area (Å²) in [5.41, 5.74) is 1.76. The van der Waals surface area contributed by atoms with Crippen molar-refractivity contribution in [2.24, 2.45) is 5.92 Å². The van der Waals surface area contributed by atoms with Crippen molar-refractivity contribution in [1.29, 1.82) is 0 Å². The van der Waals surface area contributed by atoms with Crippen molar-refractivity contribution in [3.63, 3.8) is 0 Å². The van der Waals surface area contributed by atoms with Gasteiger partial charge < -0.3 is 15.2 Å². The Balaban J connectivity index is 1.95. The lowest BCUT2D eigenvalue weighted by Gasteiger charge is -2.36. The van der Waals surface area contributed by atoms with Gasteiger partial charge in [0.2, 0.25) is 0 Å². The molecule has 0 radical (unpaired) electrons. The average Bonchev–Trinajstić information content (AvgIpc) is 2.78. The van der Waals surface area contributed by atoms with Crippen molar-refractivity contribution in [2.75, 3.05) is 20.2 Å². The maximum absolute atomic E-state index is 11.1. The number of piperidine rings is 1. The summed E-state index contributed by atoms with van der Waals surface area (Å²) in [7, 11) is 1.68. The molecule has 1 unspecified atom stereocenters. The van der Waals surface area contributed by atoms with Crippen LogP contribution in [0.4, 0.5) is 0 Å². The second-order valence-corrected chi connectivity index (χ2v) is 5.47. The van der Waals surface area contributed by atoms with Gasteiger partial charge in [0, 0.05) is 0 Å². The fourth-order valence-electron chi connectivity index (χ4n) is 3.49. The number of rotatable bonds is 2. The highest BCUT2D eigenvalue weighted by Gasteiger charge is 2.43. The van der Waals surface area contributed by atoms with E-state index in [1.54, 1.807) is 7.11 Å². The van der Waals surface area contributed by atoms with Gasteiger partial charge in [-0.05, 0) is 68.0 Å². The molecule has 1 aliphatic carbocycles. The quantitative estimate of drug-likeness (QED) is 0.837. The lowest BCUT2D eigenvalue weighted by Crippen LogP contribution is -2.40. The minimum absolute atomic E-state index is 0.382. The van der Waals surface area contributed by atoms with E-state index in [9.17, 15) is 5.11 Å². The van der Waals surface area contributed by atoms with Crippen LogP contribution in [0.5, 0.6) is 5.75 Å². The molecule has 18 heavy (non-hydrogen) atoms. The van der Waals surface area contributed by atoms with Gasteiger partial charge in [0.25, 0.3) is 0 Å². The molecule has 1 aromatic carbocycles. The van der Waals surface area contributed by atoms with E-state index in [4.69, 9.17) is 4.74 Å². The first kappa shape index (κ1) is 12.0. The molecule has 3 heteroatoms. The summed E-state index contributed by atoms with van der Waals surface area (Å²) in [5.74, 6) is 1.23. The molecule has 1 saturated heterocycles. The van der Waals surface area contributed by atoms with E-state index >= 15 is 0 Å². The largest absolute Gasteiger partial charge is 0.497 e. The first-order valence-electron chi connectivity index (χ1n) is 6.84. The summed E-state index contributed by atoms with van der Waals surface area (Å²) in [4.78, 5) is 0. The zero-order chi connectivity index (χ0) is 12.6. The molecule has 2 aliphatic rings. The van der Waals surface area contributed by atoms with Gasteiger partial charge in [-0.25, -0.2) is 0 Å². The lowest BCUT2D eigenvalue weighted by atomic mass is 9.77.